The first-order valence-electron chi connectivity index (χ1n) is 6.61. The monoisotopic (exact) mass is 229 g/mol. The minimum atomic E-state index is 0.434. The van der Waals surface area contributed by atoms with Gasteiger partial charge in [-0.2, -0.15) is 0 Å². The second-order valence-corrected chi connectivity index (χ2v) is 5.87. The number of alkyl halides is 1. The van der Waals surface area contributed by atoms with Gasteiger partial charge in [0.25, 0.3) is 0 Å². The molecule has 0 saturated heterocycles. The zero-order valence-electron chi connectivity index (χ0n) is 9.73. The van der Waals surface area contributed by atoms with Gasteiger partial charge in [-0.05, 0) is 37.1 Å². The van der Waals surface area contributed by atoms with Crippen molar-refractivity contribution in [2.75, 3.05) is 19.0 Å². The van der Waals surface area contributed by atoms with Gasteiger partial charge in [0.2, 0.25) is 0 Å². The second-order valence-electron chi connectivity index (χ2n) is 5.60. The van der Waals surface area contributed by atoms with Gasteiger partial charge >= 0.3 is 0 Å². The fourth-order valence-electron chi connectivity index (χ4n) is 2.73. The summed E-state index contributed by atoms with van der Waals surface area (Å²) in [6, 6.07) is 0. The predicted molar refractivity (Wildman–Crippen MR) is 66.4 cm³/mol. The molecule has 0 atom stereocenters. The molecule has 0 spiro atoms. The molecule has 2 aliphatic carbocycles. The van der Waals surface area contributed by atoms with E-state index in [2.05, 4.69) is 5.32 Å². The Balaban J connectivity index is 1.64. The van der Waals surface area contributed by atoms with Crippen molar-refractivity contribution in [3.63, 3.8) is 0 Å². The van der Waals surface area contributed by atoms with E-state index in [0.717, 1.165) is 18.3 Å². The Bertz CT molecular complexity index is 183. The van der Waals surface area contributed by atoms with Gasteiger partial charge in [-0.3, -0.25) is 0 Å². The number of nitrogens with one attached hydrogen (secondary N) is 1. The Labute approximate surface area is 99.0 Å². The summed E-state index contributed by atoms with van der Waals surface area (Å²) in [6.45, 7) is 2.37. The molecule has 0 aromatic rings. The summed E-state index contributed by atoms with van der Waals surface area (Å²) in [6.07, 6.45) is 11.2. The second kappa shape index (κ2) is 5.54. The van der Waals surface area contributed by atoms with Crippen molar-refractivity contribution in [3.8, 4) is 0 Å². The smallest absolute Gasteiger partial charge is 0.0292 e. The normalized spacial score (nSPS) is 25.4. The van der Waals surface area contributed by atoms with Gasteiger partial charge in [-0.25, -0.2) is 0 Å². The van der Waals surface area contributed by atoms with E-state index in [1.807, 2.05) is 0 Å². The summed E-state index contributed by atoms with van der Waals surface area (Å²) in [5.41, 5.74) is 0.434. The van der Waals surface area contributed by atoms with Gasteiger partial charge in [0.15, 0.2) is 0 Å². The molecule has 1 N–H and O–H groups in total. The van der Waals surface area contributed by atoms with Crippen LogP contribution < -0.4 is 5.32 Å². The van der Waals surface area contributed by atoms with Crippen molar-refractivity contribution in [2.45, 2.75) is 51.4 Å². The lowest BCUT2D eigenvalue weighted by molar-refractivity contribution is 0.212. The van der Waals surface area contributed by atoms with Crippen LogP contribution in [0.15, 0.2) is 0 Å². The van der Waals surface area contributed by atoms with Crippen LogP contribution in [0.4, 0.5) is 0 Å². The maximum Gasteiger partial charge on any atom is 0.0292 e. The van der Waals surface area contributed by atoms with E-state index < -0.39 is 0 Å². The van der Waals surface area contributed by atoms with Crippen LogP contribution in [0.25, 0.3) is 0 Å². The molecule has 1 nitrogen and oxygen atoms in total. The highest BCUT2D eigenvalue weighted by Gasteiger charge is 2.30. The summed E-state index contributed by atoms with van der Waals surface area (Å²) in [5.74, 6) is 1.90. The molecule has 0 bridgehead atoms. The maximum absolute atomic E-state index is 6.15. The van der Waals surface area contributed by atoms with E-state index in [9.17, 15) is 0 Å². The zero-order valence-corrected chi connectivity index (χ0v) is 10.5. The Morgan fingerprint density at radius 3 is 2.47 bits per heavy atom. The third-order valence-corrected chi connectivity index (χ3v) is 4.69. The van der Waals surface area contributed by atoms with Crippen LogP contribution >= 0.6 is 11.6 Å². The van der Waals surface area contributed by atoms with Crippen molar-refractivity contribution < 1.29 is 0 Å². The number of hydrogen-bond acceptors (Lipinski definition) is 1. The summed E-state index contributed by atoms with van der Waals surface area (Å²) in [7, 11) is 0. The molecule has 2 heteroatoms. The molecular weight excluding hydrogens is 206 g/mol. The van der Waals surface area contributed by atoms with Crippen LogP contribution in [0.2, 0.25) is 0 Å². The molecule has 88 valence electrons. The van der Waals surface area contributed by atoms with Crippen molar-refractivity contribution in [2.24, 2.45) is 11.3 Å². The first-order valence-corrected chi connectivity index (χ1v) is 7.15. The Kier molecular flexibility index (Phi) is 4.33. The van der Waals surface area contributed by atoms with E-state index in [-0.39, 0.29) is 0 Å². The average molecular weight is 230 g/mol. The number of hydrogen-bond donors (Lipinski definition) is 1. The lowest BCUT2D eigenvalue weighted by Gasteiger charge is -2.35. The Morgan fingerprint density at radius 1 is 1.13 bits per heavy atom. The van der Waals surface area contributed by atoms with Gasteiger partial charge in [-0.15, -0.1) is 11.6 Å². The number of halogens is 1. The lowest BCUT2D eigenvalue weighted by atomic mass is 9.75. The lowest BCUT2D eigenvalue weighted by Crippen LogP contribution is -2.38. The molecule has 0 heterocycles. The van der Waals surface area contributed by atoms with Gasteiger partial charge in [-0.1, -0.05) is 32.1 Å². The third kappa shape index (κ3) is 3.64. The zero-order chi connectivity index (χ0) is 10.6. The molecule has 15 heavy (non-hydrogen) atoms. The summed E-state index contributed by atoms with van der Waals surface area (Å²) in [5, 5.41) is 3.63. The average Bonchev–Trinajstić information content (AvgIpc) is 3.10. The SMILES string of the molecule is ClCC1(CNCCC2CC2)CCCCC1. The van der Waals surface area contributed by atoms with Crippen molar-refractivity contribution in [1.82, 2.24) is 5.32 Å². The molecule has 0 aromatic heterocycles. The highest BCUT2D eigenvalue weighted by molar-refractivity contribution is 6.18. The van der Waals surface area contributed by atoms with Crippen LogP contribution in [-0.4, -0.2) is 19.0 Å². The van der Waals surface area contributed by atoms with Gasteiger partial charge in [0, 0.05) is 12.4 Å². The first-order chi connectivity index (χ1) is 7.35. The van der Waals surface area contributed by atoms with E-state index in [0.29, 0.717) is 5.41 Å². The topological polar surface area (TPSA) is 12.0 Å². The molecule has 0 aliphatic heterocycles. The molecule has 2 fully saturated rings. The summed E-state index contributed by atoms with van der Waals surface area (Å²) >= 11 is 6.15. The minimum Gasteiger partial charge on any atom is -0.316 e. The molecule has 2 rings (SSSR count). The highest BCUT2D eigenvalue weighted by Crippen LogP contribution is 2.37. The third-order valence-electron chi connectivity index (χ3n) is 4.12. The van der Waals surface area contributed by atoms with Crippen molar-refractivity contribution in [3.05, 3.63) is 0 Å². The van der Waals surface area contributed by atoms with E-state index in [1.54, 1.807) is 0 Å². The quantitative estimate of drug-likeness (QED) is 0.543. The van der Waals surface area contributed by atoms with E-state index in [4.69, 9.17) is 11.6 Å². The van der Waals surface area contributed by atoms with Crippen LogP contribution in [0.3, 0.4) is 0 Å². The summed E-state index contributed by atoms with van der Waals surface area (Å²) in [4.78, 5) is 0. The van der Waals surface area contributed by atoms with Gasteiger partial charge < -0.3 is 5.32 Å². The van der Waals surface area contributed by atoms with E-state index in [1.165, 1.54) is 57.9 Å². The van der Waals surface area contributed by atoms with Crippen molar-refractivity contribution in [1.29, 1.82) is 0 Å². The van der Waals surface area contributed by atoms with Crippen molar-refractivity contribution >= 4 is 11.6 Å². The van der Waals surface area contributed by atoms with Crippen LogP contribution in [0.5, 0.6) is 0 Å². The summed E-state index contributed by atoms with van der Waals surface area (Å²) < 4.78 is 0. The predicted octanol–water partition coefficient (Wildman–Crippen LogP) is 3.57. The first kappa shape index (κ1) is 11.7. The molecular formula is C13H24ClN. The van der Waals surface area contributed by atoms with E-state index >= 15 is 0 Å². The molecule has 0 amide bonds. The number of rotatable bonds is 6. The Hall–Kier alpha value is 0.250. The molecule has 0 aromatic carbocycles. The minimum absolute atomic E-state index is 0.434. The standard InChI is InChI=1S/C13H24ClN/c14-10-13(7-2-1-3-8-13)11-15-9-6-12-4-5-12/h12,15H,1-11H2. The van der Waals surface area contributed by atoms with Crippen LogP contribution in [0.1, 0.15) is 51.4 Å². The molecule has 0 unspecified atom stereocenters. The molecule has 2 aliphatic rings. The van der Waals surface area contributed by atoms with Gasteiger partial charge in [0.05, 0.1) is 0 Å². The highest BCUT2D eigenvalue weighted by atomic mass is 35.5. The molecule has 0 radical (unpaired) electrons. The largest absolute Gasteiger partial charge is 0.316 e. The van der Waals surface area contributed by atoms with Crippen LogP contribution in [-0.2, 0) is 0 Å². The maximum atomic E-state index is 6.15. The fourth-order valence-corrected chi connectivity index (χ4v) is 3.09. The van der Waals surface area contributed by atoms with Gasteiger partial charge in [0.1, 0.15) is 0 Å². The van der Waals surface area contributed by atoms with Crippen LogP contribution in [0, 0.1) is 11.3 Å². The molecule has 2 saturated carbocycles. The fraction of sp³-hybridized carbons (Fsp3) is 1.00. The Morgan fingerprint density at radius 2 is 1.87 bits per heavy atom.